The minimum Gasteiger partial charge on any atom is -0.480 e. The van der Waals surface area contributed by atoms with E-state index in [0.29, 0.717) is 0 Å². The molecule has 0 radical (unpaired) electrons. The largest absolute Gasteiger partial charge is 0.480 e. The van der Waals surface area contributed by atoms with Crippen molar-refractivity contribution in [2.24, 2.45) is 5.73 Å². The number of hydrogen-bond donors (Lipinski definition) is 3. The van der Waals surface area contributed by atoms with E-state index in [4.69, 9.17) is 21.2 Å². The van der Waals surface area contributed by atoms with E-state index in [1.165, 1.54) is 6.07 Å². The summed E-state index contributed by atoms with van der Waals surface area (Å²) in [6.07, 6.45) is -1.70. The van der Waals surface area contributed by atoms with Crippen LogP contribution >= 0.6 is 0 Å². The van der Waals surface area contributed by atoms with E-state index >= 15 is 0 Å². The van der Waals surface area contributed by atoms with Crippen molar-refractivity contribution in [3.63, 3.8) is 0 Å². The van der Waals surface area contributed by atoms with E-state index in [9.17, 15) is 9.59 Å². The molecule has 0 heterocycles. The summed E-state index contributed by atoms with van der Waals surface area (Å²) in [4.78, 5) is 20.6. The van der Waals surface area contributed by atoms with Crippen molar-refractivity contribution < 1.29 is 24.5 Å². The fourth-order valence-electron chi connectivity index (χ4n) is 0.585. The molecule has 4 N–H and O–H groups in total. The third-order valence-corrected chi connectivity index (χ3v) is 1.18. The highest BCUT2D eigenvalue weighted by molar-refractivity contribution is 5.84. The number of ether oxygens (including phenoxy) is 1. The van der Waals surface area contributed by atoms with Crippen LogP contribution in [0.15, 0.2) is 0 Å². The molecular weight excluding hydrogens is 180 g/mol. The topological polar surface area (TPSA) is 134 Å². The lowest BCUT2D eigenvalue weighted by Gasteiger charge is -2.14. The lowest BCUT2D eigenvalue weighted by atomic mass is 10.2. The van der Waals surface area contributed by atoms with Gasteiger partial charge in [0.05, 0.1) is 6.07 Å². The molecule has 0 bridgehead atoms. The second kappa shape index (κ2) is 5.08. The molecule has 0 aromatic rings. The van der Waals surface area contributed by atoms with Crippen LogP contribution in [0.2, 0.25) is 0 Å². The Balaban J connectivity index is 4.34. The first-order valence-corrected chi connectivity index (χ1v) is 3.20. The van der Waals surface area contributed by atoms with Crippen molar-refractivity contribution in [1.29, 1.82) is 5.26 Å². The summed E-state index contributed by atoms with van der Waals surface area (Å²) >= 11 is 0. The van der Waals surface area contributed by atoms with Gasteiger partial charge in [-0.25, -0.2) is 4.79 Å². The first-order valence-electron chi connectivity index (χ1n) is 3.20. The molecule has 0 aliphatic carbocycles. The number of nitrogens with two attached hydrogens (primary N) is 1. The highest BCUT2D eigenvalue weighted by Crippen LogP contribution is 1.98. The zero-order chi connectivity index (χ0) is 10.4. The van der Waals surface area contributed by atoms with Crippen LogP contribution < -0.4 is 5.73 Å². The summed E-state index contributed by atoms with van der Waals surface area (Å²) in [7, 11) is 0. The Morgan fingerprint density at radius 1 is 1.46 bits per heavy atom. The van der Waals surface area contributed by atoms with Crippen LogP contribution in [0, 0.1) is 11.3 Å². The first-order chi connectivity index (χ1) is 6.00. The van der Waals surface area contributed by atoms with Crippen molar-refractivity contribution in [2.75, 3.05) is 6.61 Å². The number of nitriles is 1. The smallest absolute Gasteiger partial charge is 0.335 e. The molecule has 0 fully saturated rings. The van der Waals surface area contributed by atoms with Gasteiger partial charge < -0.3 is 20.7 Å². The maximum absolute atomic E-state index is 10.4. The number of hydrogen-bond acceptors (Lipinski definition) is 5. The van der Waals surface area contributed by atoms with E-state index in [-0.39, 0.29) is 0 Å². The van der Waals surface area contributed by atoms with E-state index in [1.54, 1.807) is 0 Å². The van der Waals surface area contributed by atoms with Crippen LogP contribution in [0.5, 0.6) is 0 Å². The Labute approximate surface area is 73.3 Å². The van der Waals surface area contributed by atoms with E-state index in [2.05, 4.69) is 4.74 Å². The normalized spacial score (nSPS) is 14.2. The zero-order valence-corrected chi connectivity index (χ0v) is 6.51. The van der Waals surface area contributed by atoms with E-state index in [0.717, 1.165) is 0 Å². The minimum atomic E-state index is -1.70. The molecule has 0 saturated carbocycles. The van der Waals surface area contributed by atoms with Gasteiger partial charge in [0.25, 0.3) is 0 Å². The third-order valence-electron chi connectivity index (χ3n) is 1.18. The van der Waals surface area contributed by atoms with Crippen LogP contribution in [0.3, 0.4) is 0 Å². The summed E-state index contributed by atoms with van der Waals surface area (Å²) in [5.74, 6) is -3.00. The van der Waals surface area contributed by atoms with Crippen LogP contribution in [0.1, 0.15) is 0 Å². The quantitative estimate of drug-likeness (QED) is 0.472. The maximum atomic E-state index is 10.4. The first kappa shape index (κ1) is 11.4. The van der Waals surface area contributed by atoms with Crippen LogP contribution in [0.25, 0.3) is 0 Å². The molecule has 0 aliphatic rings. The Morgan fingerprint density at radius 2 is 2.00 bits per heavy atom. The SMILES string of the molecule is N#CCO[C@H](C(=O)O)[C@H](N)C(=O)O. The average Bonchev–Trinajstić information content (AvgIpc) is 2.04. The van der Waals surface area contributed by atoms with Crippen molar-refractivity contribution in [3.8, 4) is 6.07 Å². The fraction of sp³-hybridized carbons (Fsp3) is 0.500. The Morgan fingerprint density at radius 3 is 2.31 bits per heavy atom. The molecule has 13 heavy (non-hydrogen) atoms. The molecule has 2 atom stereocenters. The predicted octanol–water partition coefficient (Wildman–Crippen LogP) is -1.61. The molecule has 0 spiro atoms. The summed E-state index contributed by atoms with van der Waals surface area (Å²) in [6.45, 7) is -0.516. The van der Waals surface area contributed by atoms with Gasteiger partial charge in [-0.05, 0) is 0 Å². The number of carboxylic acid groups (broad SMARTS) is 2. The second-order valence-electron chi connectivity index (χ2n) is 2.09. The monoisotopic (exact) mass is 188 g/mol. The van der Waals surface area contributed by atoms with Crippen LogP contribution in [0.4, 0.5) is 0 Å². The van der Waals surface area contributed by atoms with Crippen LogP contribution in [-0.2, 0) is 14.3 Å². The molecule has 7 heteroatoms. The number of carbonyl (C=O) groups is 2. The number of carboxylic acids is 2. The van der Waals surface area contributed by atoms with Crippen molar-refractivity contribution in [2.45, 2.75) is 12.1 Å². The zero-order valence-electron chi connectivity index (χ0n) is 6.51. The van der Waals surface area contributed by atoms with E-state index < -0.39 is 30.7 Å². The van der Waals surface area contributed by atoms with Crippen LogP contribution in [-0.4, -0.2) is 40.9 Å². The van der Waals surface area contributed by atoms with Gasteiger partial charge in [0, 0.05) is 0 Å². The summed E-state index contributed by atoms with van der Waals surface area (Å²) in [5.41, 5.74) is 4.99. The van der Waals surface area contributed by atoms with Gasteiger partial charge in [-0.15, -0.1) is 0 Å². The fourth-order valence-corrected chi connectivity index (χ4v) is 0.585. The van der Waals surface area contributed by atoms with Gasteiger partial charge >= 0.3 is 11.9 Å². The van der Waals surface area contributed by atoms with Gasteiger partial charge in [-0.1, -0.05) is 0 Å². The lowest BCUT2D eigenvalue weighted by Crippen LogP contribution is -2.47. The molecule has 72 valence electrons. The molecule has 0 aromatic heterocycles. The summed E-state index contributed by atoms with van der Waals surface area (Å²) in [5, 5.41) is 24.9. The van der Waals surface area contributed by atoms with Gasteiger partial charge in [0.15, 0.2) is 6.10 Å². The Kier molecular flexibility index (Phi) is 4.43. The summed E-state index contributed by atoms with van der Waals surface area (Å²) < 4.78 is 4.41. The molecule has 0 saturated heterocycles. The molecule has 0 amide bonds. The molecule has 0 aliphatic heterocycles. The number of nitrogens with zero attached hydrogens (tertiary/aromatic N) is 1. The van der Waals surface area contributed by atoms with E-state index in [1.807, 2.05) is 0 Å². The van der Waals surface area contributed by atoms with Gasteiger partial charge in [-0.3, -0.25) is 4.79 Å². The third kappa shape index (κ3) is 3.50. The summed E-state index contributed by atoms with van der Waals surface area (Å²) in [6, 6.07) is -0.162. The van der Waals surface area contributed by atoms with Crippen molar-refractivity contribution in [1.82, 2.24) is 0 Å². The number of rotatable bonds is 5. The molecule has 0 unspecified atom stereocenters. The average molecular weight is 188 g/mol. The number of aliphatic carboxylic acids is 2. The molecule has 0 rings (SSSR count). The lowest BCUT2D eigenvalue weighted by molar-refractivity contribution is -0.158. The van der Waals surface area contributed by atoms with Crippen molar-refractivity contribution in [3.05, 3.63) is 0 Å². The highest BCUT2D eigenvalue weighted by Gasteiger charge is 2.31. The highest BCUT2D eigenvalue weighted by atomic mass is 16.5. The Hall–Kier alpha value is -1.65. The molecular formula is C6H8N2O5. The minimum absolute atomic E-state index is 0.516. The maximum Gasteiger partial charge on any atom is 0.335 e. The molecule has 7 nitrogen and oxygen atoms in total. The van der Waals surface area contributed by atoms with Gasteiger partial charge in [0.2, 0.25) is 0 Å². The van der Waals surface area contributed by atoms with Gasteiger partial charge in [0.1, 0.15) is 12.6 Å². The molecule has 0 aromatic carbocycles. The Bertz CT molecular complexity index is 246. The standard InChI is InChI=1S/C6H8N2O5/c7-1-2-13-4(6(11)12)3(8)5(9)10/h3-4H,2,8H2,(H,9,10)(H,11,12)/t3-,4-/m0/s1. The van der Waals surface area contributed by atoms with Crippen molar-refractivity contribution >= 4 is 11.9 Å². The predicted molar refractivity (Wildman–Crippen MR) is 38.6 cm³/mol. The second-order valence-corrected chi connectivity index (χ2v) is 2.09. The van der Waals surface area contributed by atoms with Gasteiger partial charge in [-0.2, -0.15) is 5.26 Å².